The van der Waals surface area contributed by atoms with Gasteiger partial charge in [-0.05, 0) is 36.8 Å². The lowest BCUT2D eigenvalue weighted by Crippen LogP contribution is -2.39. The number of sulfonamides is 1. The topological polar surface area (TPSA) is 66.5 Å². The highest BCUT2D eigenvalue weighted by Crippen LogP contribution is 2.36. The maximum atomic E-state index is 13.5. The molecule has 0 bridgehead atoms. The molecule has 0 aliphatic carbocycles. The second-order valence-electron chi connectivity index (χ2n) is 7.13. The predicted octanol–water partition coefficient (Wildman–Crippen LogP) is 4.76. The molecule has 0 amide bonds. The normalized spacial score (nSPS) is 16.3. The zero-order valence-corrected chi connectivity index (χ0v) is 17.3. The number of carbonyl (C=O) groups excluding carboxylic acids is 1. The van der Waals surface area contributed by atoms with Gasteiger partial charge in [-0.1, -0.05) is 42.0 Å². The summed E-state index contributed by atoms with van der Waals surface area (Å²) in [5.74, 6) is -2.80. The van der Waals surface area contributed by atoms with E-state index in [1.807, 2.05) is 31.2 Å². The summed E-state index contributed by atoms with van der Waals surface area (Å²) in [5, 5.41) is 2.60. The number of benzene rings is 3. The third-order valence-electron chi connectivity index (χ3n) is 4.95. The Morgan fingerprint density at radius 2 is 1.68 bits per heavy atom. The Labute approximate surface area is 178 Å². The zero-order chi connectivity index (χ0) is 22.2. The number of nitrogens with zero attached hydrogens (tertiary/aromatic N) is 1. The lowest BCUT2D eigenvalue weighted by Gasteiger charge is -2.31. The molecule has 31 heavy (non-hydrogen) atoms. The molecule has 3 aromatic rings. The van der Waals surface area contributed by atoms with E-state index in [1.165, 1.54) is 10.4 Å². The molecule has 3 aromatic carbocycles. The van der Waals surface area contributed by atoms with Gasteiger partial charge < -0.3 is 5.32 Å². The third kappa shape index (κ3) is 3.94. The number of Topliss-reactive ketones (excluding diaryl/α,β-unsaturated/α-hetero) is 1. The first-order valence-corrected chi connectivity index (χ1v) is 10.8. The van der Waals surface area contributed by atoms with E-state index < -0.39 is 32.3 Å². The summed E-state index contributed by atoms with van der Waals surface area (Å²) in [6.07, 6.45) is 1.02. The van der Waals surface area contributed by atoms with Crippen LogP contribution in [0, 0.1) is 18.6 Å². The molecule has 0 unspecified atom stereocenters. The van der Waals surface area contributed by atoms with Crippen LogP contribution in [0.3, 0.4) is 0 Å². The van der Waals surface area contributed by atoms with Crippen LogP contribution in [0.4, 0.5) is 20.2 Å². The number of carbonyl (C=O) groups is 1. The van der Waals surface area contributed by atoms with Crippen molar-refractivity contribution in [2.24, 2.45) is 0 Å². The highest BCUT2D eigenvalue weighted by Gasteiger charge is 2.40. The highest BCUT2D eigenvalue weighted by atomic mass is 32.2. The van der Waals surface area contributed by atoms with Crippen molar-refractivity contribution in [1.29, 1.82) is 0 Å². The van der Waals surface area contributed by atoms with Crippen LogP contribution in [0.1, 0.15) is 21.5 Å². The van der Waals surface area contributed by atoms with Crippen LogP contribution >= 0.6 is 0 Å². The Balaban J connectivity index is 1.76. The summed E-state index contributed by atoms with van der Waals surface area (Å²) in [6, 6.07) is 16.9. The van der Waals surface area contributed by atoms with Crippen molar-refractivity contribution < 1.29 is 22.0 Å². The second kappa shape index (κ2) is 7.96. The van der Waals surface area contributed by atoms with E-state index in [0.29, 0.717) is 0 Å². The predicted molar refractivity (Wildman–Crippen MR) is 115 cm³/mol. The third-order valence-corrected chi connectivity index (χ3v) is 6.71. The van der Waals surface area contributed by atoms with Crippen LogP contribution in [0.5, 0.6) is 0 Å². The average Bonchev–Trinajstić information content (AvgIpc) is 2.75. The molecule has 1 aliphatic rings. The van der Waals surface area contributed by atoms with Gasteiger partial charge in [-0.3, -0.25) is 9.10 Å². The summed E-state index contributed by atoms with van der Waals surface area (Å²) in [7, 11) is -4.21. The first-order chi connectivity index (χ1) is 14.8. The molecule has 0 saturated heterocycles. The van der Waals surface area contributed by atoms with Gasteiger partial charge in [0.05, 0.1) is 12.2 Å². The van der Waals surface area contributed by atoms with Crippen molar-refractivity contribution in [3.8, 4) is 0 Å². The molecule has 1 heterocycles. The number of hydrogen-bond donors (Lipinski definition) is 1. The first kappa shape index (κ1) is 20.7. The number of aryl methyl sites for hydroxylation is 1. The Bertz CT molecular complexity index is 1300. The average molecular weight is 440 g/mol. The summed E-state index contributed by atoms with van der Waals surface area (Å²) in [6.45, 7) is 1.97. The van der Waals surface area contributed by atoms with Crippen molar-refractivity contribution in [3.63, 3.8) is 0 Å². The fourth-order valence-electron chi connectivity index (χ4n) is 3.29. The van der Waals surface area contributed by atoms with Crippen LogP contribution in [0.15, 0.2) is 77.8 Å². The highest BCUT2D eigenvalue weighted by molar-refractivity contribution is 7.97. The smallest absolute Gasteiger partial charge is 0.270 e. The summed E-state index contributed by atoms with van der Waals surface area (Å²) < 4.78 is 54.5. The molecule has 0 radical (unpaired) electrons. The van der Waals surface area contributed by atoms with E-state index >= 15 is 0 Å². The molecule has 8 heteroatoms. The van der Waals surface area contributed by atoms with Gasteiger partial charge in [0.15, 0.2) is 16.5 Å². The summed E-state index contributed by atoms with van der Waals surface area (Å²) in [5.41, 5.74) is 2.43. The molecule has 0 atom stereocenters. The molecule has 0 spiro atoms. The van der Waals surface area contributed by atoms with Gasteiger partial charge in [-0.25, -0.2) is 17.2 Å². The van der Waals surface area contributed by atoms with E-state index in [9.17, 15) is 22.0 Å². The summed E-state index contributed by atoms with van der Waals surface area (Å²) in [4.78, 5) is 12.5. The number of fused-ring (bicyclic) bond motifs is 1. The lowest BCUT2D eigenvalue weighted by atomic mass is 10.1. The molecular weight excluding hydrogens is 422 g/mol. The number of para-hydroxylation sites is 1. The van der Waals surface area contributed by atoms with Gasteiger partial charge in [0, 0.05) is 23.5 Å². The minimum atomic E-state index is -4.21. The number of halogens is 2. The van der Waals surface area contributed by atoms with E-state index in [1.54, 1.807) is 24.3 Å². The van der Waals surface area contributed by atoms with Crippen LogP contribution < -0.4 is 9.62 Å². The Kier molecular flexibility index (Phi) is 5.32. The number of anilines is 2. The molecule has 158 valence electrons. The molecule has 1 N–H and O–H groups in total. The van der Waals surface area contributed by atoms with Crippen molar-refractivity contribution in [2.75, 3.05) is 9.62 Å². The molecule has 1 aliphatic heterocycles. The second-order valence-corrected chi connectivity index (χ2v) is 8.96. The fourth-order valence-corrected chi connectivity index (χ4v) is 4.81. The Morgan fingerprint density at radius 3 is 2.39 bits per heavy atom. The van der Waals surface area contributed by atoms with Crippen molar-refractivity contribution in [3.05, 3.63) is 106 Å². The largest absolute Gasteiger partial charge is 0.360 e. The monoisotopic (exact) mass is 440 g/mol. The zero-order valence-electron chi connectivity index (χ0n) is 16.5. The maximum absolute atomic E-state index is 13.5. The van der Waals surface area contributed by atoms with Crippen molar-refractivity contribution in [2.45, 2.75) is 13.5 Å². The molecular formula is C23H18F2N2O3S. The van der Waals surface area contributed by atoms with E-state index in [-0.39, 0.29) is 23.5 Å². The standard InChI is InChI=1S/C23H18F2N2O3S/c1-15-6-8-16(9-7-15)14-27-21-5-3-2-4-18(21)23(28)22(31(27,29)30)13-26-17-10-11-19(24)20(25)12-17/h2-13,26H,14H2,1H3/b22-13+. The van der Waals surface area contributed by atoms with Crippen LogP contribution in [-0.2, 0) is 16.6 Å². The van der Waals surface area contributed by atoms with E-state index in [0.717, 1.165) is 29.5 Å². The van der Waals surface area contributed by atoms with Gasteiger partial charge in [-0.15, -0.1) is 0 Å². The van der Waals surface area contributed by atoms with Gasteiger partial charge in [0.25, 0.3) is 10.0 Å². The van der Waals surface area contributed by atoms with Crippen LogP contribution in [0.25, 0.3) is 0 Å². The van der Waals surface area contributed by atoms with Crippen molar-refractivity contribution >= 4 is 27.2 Å². The molecule has 5 nitrogen and oxygen atoms in total. The number of allylic oxidation sites excluding steroid dienone is 1. The molecule has 0 aromatic heterocycles. The fraction of sp³-hybridized carbons (Fsp3) is 0.0870. The number of rotatable bonds is 4. The molecule has 0 fully saturated rings. The van der Waals surface area contributed by atoms with Gasteiger partial charge in [-0.2, -0.15) is 0 Å². The lowest BCUT2D eigenvalue weighted by molar-refractivity contribution is 0.104. The molecule has 0 saturated carbocycles. The van der Waals surface area contributed by atoms with Crippen LogP contribution in [0.2, 0.25) is 0 Å². The number of ketones is 1. The Morgan fingerprint density at radius 1 is 0.968 bits per heavy atom. The first-order valence-electron chi connectivity index (χ1n) is 9.41. The number of hydrogen-bond acceptors (Lipinski definition) is 4. The number of nitrogens with one attached hydrogen (secondary N) is 1. The minimum Gasteiger partial charge on any atom is -0.360 e. The van der Waals surface area contributed by atoms with Crippen LogP contribution in [-0.4, -0.2) is 14.2 Å². The van der Waals surface area contributed by atoms with Crippen molar-refractivity contribution in [1.82, 2.24) is 0 Å². The maximum Gasteiger partial charge on any atom is 0.270 e. The van der Waals surface area contributed by atoms with E-state index in [4.69, 9.17) is 0 Å². The minimum absolute atomic E-state index is 0.0371. The summed E-state index contributed by atoms with van der Waals surface area (Å²) >= 11 is 0. The Hall–Kier alpha value is -3.52. The van der Waals surface area contributed by atoms with Gasteiger partial charge in [0.1, 0.15) is 0 Å². The molecule has 4 rings (SSSR count). The SMILES string of the molecule is Cc1ccc(CN2c3ccccc3C(=O)/C(=C\Nc3ccc(F)c(F)c3)S2(=O)=O)cc1. The van der Waals surface area contributed by atoms with E-state index in [2.05, 4.69) is 5.32 Å². The quantitative estimate of drug-likeness (QED) is 0.594. The van der Waals surface area contributed by atoms with Gasteiger partial charge >= 0.3 is 0 Å². The van der Waals surface area contributed by atoms with Gasteiger partial charge in [0.2, 0.25) is 5.78 Å².